The number of carbonyl (C=O) groups excluding carboxylic acids is 1. The number of ketones is 1. The molecular formula is C11H10BrF3OS. The molecule has 1 nitrogen and oxygen atoms in total. The molecule has 0 amide bonds. The Hall–Kier alpha value is -0.490. The molecule has 1 unspecified atom stereocenters. The van der Waals surface area contributed by atoms with Crippen molar-refractivity contribution in [2.75, 3.05) is 0 Å². The Labute approximate surface area is 110 Å². The van der Waals surface area contributed by atoms with Gasteiger partial charge in [-0.05, 0) is 48.9 Å². The van der Waals surface area contributed by atoms with E-state index in [-0.39, 0.29) is 22.4 Å². The molecule has 6 heteroatoms. The van der Waals surface area contributed by atoms with Gasteiger partial charge in [0, 0.05) is 4.90 Å². The van der Waals surface area contributed by atoms with Gasteiger partial charge in [-0.3, -0.25) is 4.79 Å². The van der Waals surface area contributed by atoms with Gasteiger partial charge in [0.15, 0.2) is 0 Å². The monoisotopic (exact) mass is 326 g/mol. The van der Waals surface area contributed by atoms with Crippen molar-refractivity contribution in [1.29, 1.82) is 0 Å². The Morgan fingerprint density at radius 3 is 2.41 bits per heavy atom. The van der Waals surface area contributed by atoms with E-state index in [1.165, 1.54) is 19.1 Å². The second kappa shape index (κ2) is 5.44. The molecule has 1 rings (SSSR count). The maximum absolute atomic E-state index is 12.2. The molecule has 0 aromatic heterocycles. The van der Waals surface area contributed by atoms with Crippen molar-refractivity contribution in [2.24, 2.45) is 0 Å². The van der Waals surface area contributed by atoms with Crippen LogP contribution in [0.5, 0.6) is 0 Å². The summed E-state index contributed by atoms with van der Waals surface area (Å²) in [5.41, 5.74) is -3.08. The number of Topliss-reactive ketones (excluding diaryl/α,β-unsaturated/α-hetero) is 1. The molecule has 0 heterocycles. The Morgan fingerprint density at radius 1 is 1.35 bits per heavy atom. The van der Waals surface area contributed by atoms with Crippen molar-refractivity contribution in [2.45, 2.75) is 29.1 Å². The first-order chi connectivity index (χ1) is 7.69. The van der Waals surface area contributed by atoms with Crippen LogP contribution in [0.4, 0.5) is 13.2 Å². The smallest absolute Gasteiger partial charge is 0.298 e. The lowest BCUT2D eigenvalue weighted by Crippen LogP contribution is -2.03. The highest BCUT2D eigenvalue weighted by atomic mass is 79.9. The summed E-state index contributed by atoms with van der Waals surface area (Å²) in [7, 11) is 0. The molecule has 0 aliphatic carbocycles. The minimum absolute atomic E-state index is 0.0956. The van der Waals surface area contributed by atoms with Gasteiger partial charge in [0.1, 0.15) is 5.78 Å². The Bertz CT molecular complexity index is 431. The van der Waals surface area contributed by atoms with Crippen molar-refractivity contribution in [3.63, 3.8) is 0 Å². The molecule has 1 aromatic rings. The maximum Gasteiger partial charge on any atom is 0.446 e. The highest BCUT2D eigenvalue weighted by Gasteiger charge is 2.29. The third-order valence-electron chi connectivity index (χ3n) is 1.96. The summed E-state index contributed by atoms with van der Waals surface area (Å²) in [5.74, 6) is -0.140. The summed E-state index contributed by atoms with van der Waals surface area (Å²) in [4.78, 5) is 10.7. The van der Waals surface area contributed by atoms with Crippen LogP contribution < -0.4 is 0 Å². The molecule has 0 saturated carbocycles. The van der Waals surface area contributed by atoms with E-state index in [4.69, 9.17) is 0 Å². The van der Waals surface area contributed by atoms with Crippen molar-refractivity contribution in [3.05, 3.63) is 29.3 Å². The van der Waals surface area contributed by atoms with Crippen LogP contribution in [0.15, 0.2) is 23.1 Å². The van der Waals surface area contributed by atoms with Gasteiger partial charge >= 0.3 is 5.51 Å². The van der Waals surface area contributed by atoms with Crippen LogP contribution in [-0.2, 0) is 4.79 Å². The van der Waals surface area contributed by atoms with Crippen LogP contribution in [-0.4, -0.2) is 11.3 Å². The first kappa shape index (κ1) is 14.6. The molecule has 94 valence electrons. The molecule has 0 bridgehead atoms. The van der Waals surface area contributed by atoms with Crippen LogP contribution >= 0.6 is 27.7 Å². The van der Waals surface area contributed by atoms with Gasteiger partial charge in [-0.2, -0.15) is 13.2 Å². The molecule has 1 atom stereocenters. The van der Waals surface area contributed by atoms with Crippen molar-refractivity contribution in [1.82, 2.24) is 0 Å². The normalized spacial score (nSPS) is 13.5. The van der Waals surface area contributed by atoms with E-state index in [2.05, 4.69) is 15.9 Å². The van der Waals surface area contributed by atoms with Gasteiger partial charge in [-0.25, -0.2) is 0 Å². The first-order valence-corrected chi connectivity index (χ1v) is 6.44. The SMILES string of the molecule is CC(=O)C(Br)c1cc(C)cc(SC(F)(F)F)c1. The number of halogens is 4. The number of carbonyl (C=O) groups is 1. The van der Waals surface area contributed by atoms with Gasteiger partial charge in [0.05, 0.1) is 4.83 Å². The second-order valence-corrected chi connectivity index (χ2v) is 5.65. The van der Waals surface area contributed by atoms with E-state index < -0.39 is 10.3 Å². The summed E-state index contributed by atoms with van der Waals surface area (Å²) in [5, 5.41) is 0. The second-order valence-electron chi connectivity index (χ2n) is 3.60. The van der Waals surface area contributed by atoms with Crippen LogP contribution in [0.25, 0.3) is 0 Å². The number of alkyl halides is 4. The molecule has 0 radical (unpaired) electrons. The molecule has 0 fully saturated rings. The molecule has 0 aliphatic rings. The minimum Gasteiger partial charge on any atom is -0.298 e. The van der Waals surface area contributed by atoms with Gasteiger partial charge in [0.25, 0.3) is 0 Å². The molecule has 0 aliphatic heterocycles. The highest BCUT2D eigenvalue weighted by Crippen LogP contribution is 2.38. The minimum atomic E-state index is -4.32. The van der Waals surface area contributed by atoms with Gasteiger partial charge < -0.3 is 0 Å². The summed E-state index contributed by atoms with van der Waals surface area (Å²) in [6, 6.07) is 4.52. The topological polar surface area (TPSA) is 17.1 Å². The van der Waals surface area contributed by atoms with E-state index in [1.54, 1.807) is 13.0 Å². The van der Waals surface area contributed by atoms with E-state index in [0.29, 0.717) is 11.1 Å². The molecule has 17 heavy (non-hydrogen) atoms. The van der Waals surface area contributed by atoms with Gasteiger partial charge in [-0.1, -0.05) is 22.0 Å². The quantitative estimate of drug-likeness (QED) is 0.595. The Balaban J connectivity index is 3.06. The predicted molar refractivity (Wildman–Crippen MR) is 65.4 cm³/mol. The molecule has 1 aromatic carbocycles. The number of hydrogen-bond donors (Lipinski definition) is 0. The van der Waals surface area contributed by atoms with Crippen molar-refractivity contribution in [3.8, 4) is 0 Å². The lowest BCUT2D eigenvalue weighted by molar-refractivity contribution is -0.116. The molecule has 0 saturated heterocycles. The average Bonchev–Trinajstić information content (AvgIpc) is 2.12. The third kappa shape index (κ3) is 4.71. The zero-order valence-corrected chi connectivity index (χ0v) is 11.5. The summed E-state index contributed by atoms with van der Waals surface area (Å²) < 4.78 is 36.7. The van der Waals surface area contributed by atoms with Crippen molar-refractivity contribution >= 4 is 33.5 Å². The van der Waals surface area contributed by atoms with Crippen LogP contribution in [0.1, 0.15) is 22.9 Å². The zero-order chi connectivity index (χ0) is 13.2. The number of aryl methyl sites for hydroxylation is 1. The number of benzene rings is 1. The lowest BCUT2D eigenvalue weighted by atomic mass is 10.1. The average molecular weight is 327 g/mol. The fraction of sp³-hybridized carbons (Fsp3) is 0.364. The van der Waals surface area contributed by atoms with E-state index in [9.17, 15) is 18.0 Å². The van der Waals surface area contributed by atoms with E-state index in [0.717, 1.165) is 0 Å². The van der Waals surface area contributed by atoms with Crippen LogP contribution in [0.2, 0.25) is 0 Å². The fourth-order valence-electron chi connectivity index (χ4n) is 1.35. The molecular weight excluding hydrogens is 317 g/mol. The first-order valence-electron chi connectivity index (χ1n) is 4.71. The van der Waals surface area contributed by atoms with E-state index >= 15 is 0 Å². The molecule has 0 N–H and O–H groups in total. The van der Waals surface area contributed by atoms with Gasteiger partial charge in [0.2, 0.25) is 0 Å². The summed E-state index contributed by atoms with van der Waals surface area (Å²) >= 11 is 2.98. The lowest BCUT2D eigenvalue weighted by Gasteiger charge is -2.11. The van der Waals surface area contributed by atoms with Gasteiger partial charge in [-0.15, -0.1) is 0 Å². The maximum atomic E-state index is 12.2. The fourth-order valence-corrected chi connectivity index (χ4v) is 2.32. The van der Waals surface area contributed by atoms with Crippen LogP contribution in [0, 0.1) is 6.92 Å². The zero-order valence-electron chi connectivity index (χ0n) is 9.14. The van der Waals surface area contributed by atoms with Crippen LogP contribution in [0.3, 0.4) is 0 Å². The summed E-state index contributed by atoms with van der Waals surface area (Å²) in [6.07, 6.45) is 0. The number of hydrogen-bond acceptors (Lipinski definition) is 2. The standard InChI is InChI=1S/C11H10BrF3OS/c1-6-3-8(10(12)7(2)16)5-9(4-6)17-11(13,14)15/h3-5,10H,1-2H3. The van der Waals surface area contributed by atoms with E-state index in [1.807, 2.05) is 0 Å². The number of rotatable bonds is 3. The molecule has 0 spiro atoms. The third-order valence-corrected chi connectivity index (χ3v) is 3.83. The highest BCUT2D eigenvalue weighted by molar-refractivity contribution is 9.09. The largest absolute Gasteiger partial charge is 0.446 e. The predicted octanol–water partition coefficient (Wildman–Crippen LogP) is 4.63. The Kier molecular flexibility index (Phi) is 4.66. The summed E-state index contributed by atoms with van der Waals surface area (Å²) in [6.45, 7) is 3.09. The number of thioether (sulfide) groups is 1. The van der Waals surface area contributed by atoms with Crippen molar-refractivity contribution < 1.29 is 18.0 Å². The Morgan fingerprint density at radius 2 is 1.94 bits per heavy atom.